The molecule has 0 amide bonds. The van der Waals surface area contributed by atoms with Gasteiger partial charge in [-0.1, -0.05) is 27.7 Å². The minimum atomic E-state index is -2.03. The molecule has 4 aliphatic rings. The summed E-state index contributed by atoms with van der Waals surface area (Å²) in [6.45, 7) is 14.3. The molecule has 302 valence electrons. The van der Waals surface area contributed by atoms with Crippen LogP contribution in [0.3, 0.4) is 0 Å². The Bertz CT molecular complexity index is 1250. The van der Waals surface area contributed by atoms with Crippen molar-refractivity contribution in [2.75, 3.05) is 27.8 Å². The average molecular weight is 748 g/mol. The number of hydrogen-bond donors (Lipinski definition) is 5. The van der Waals surface area contributed by atoms with Crippen molar-refractivity contribution < 1.29 is 68.3 Å². The highest BCUT2D eigenvalue weighted by molar-refractivity contribution is 5.83. The molecule has 0 saturated carbocycles. The standard InChI is InChI=1S/C37H65NO14/c1-13-25-36(9,45)29(41)20(4)26(39)18(2)15-34(7,44)31(50-33-27(40)24(38(10)11)14-19(3)48-33)21(5)28-23(32(43)49-25)16-47-37(52-28)17-35(8,46-12)30(42)22(6)51-37/h18-25,27-31,33,40-42,44-45H,13-17H2,1-12H3/t18-,19+,20+,21+,22+,23-,24-,25-,27+,28+,29-,30+,31-,33?,34-,35-,36-,37-/m1/s1. The fourth-order valence-corrected chi connectivity index (χ4v) is 8.87. The van der Waals surface area contributed by atoms with Crippen LogP contribution in [0.2, 0.25) is 0 Å². The Hall–Kier alpha value is -1.34. The Morgan fingerprint density at radius 2 is 1.60 bits per heavy atom. The maximum absolute atomic E-state index is 14.2. The number of aliphatic hydroxyl groups is 5. The maximum Gasteiger partial charge on any atom is 0.314 e. The van der Waals surface area contributed by atoms with Crippen LogP contribution in [0.25, 0.3) is 0 Å². The number of hydrogen-bond acceptors (Lipinski definition) is 15. The van der Waals surface area contributed by atoms with E-state index in [1.807, 2.05) is 25.9 Å². The van der Waals surface area contributed by atoms with Gasteiger partial charge in [0.1, 0.15) is 41.2 Å². The van der Waals surface area contributed by atoms with Crippen LogP contribution in [-0.2, 0) is 42.7 Å². The number of nitrogens with zero attached hydrogens (tertiary/aromatic N) is 1. The number of Topliss-reactive ketones (excluding diaryl/α,β-unsaturated/α-hetero) is 1. The van der Waals surface area contributed by atoms with Gasteiger partial charge in [-0.2, -0.15) is 0 Å². The van der Waals surface area contributed by atoms with Gasteiger partial charge in [-0.25, -0.2) is 0 Å². The van der Waals surface area contributed by atoms with Crippen LogP contribution in [0.15, 0.2) is 0 Å². The minimum absolute atomic E-state index is 0.0939. The molecule has 0 aromatic rings. The Morgan fingerprint density at radius 1 is 0.962 bits per heavy atom. The van der Waals surface area contributed by atoms with Crippen LogP contribution in [0.4, 0.5) is 0 Å². The normalized spacial score (nSPS) is 51.5. The molecule has 5 N–H and O–H groups in total. The minimum Gasteiger partial charge on any atom is -0.459 e. The highest BCUT2D eigenvalue weighted by Crippen LogP contribution is 2.47. The van der Waals surface area contributed by atoms with Crippen LogP contribution in [0, 0.1) is 23.7 Å². The maximum atomic E-state index is 14.2. The van der Waals surface area contributed by atoms with Gasteiger partial charge >= 0.3 is 5.97 Å². The third-order valence-corrected chi connectivity index (χ3v) is 12.1. The average Bonchev–Trinajstić information content (AvgIpc) is 3.07. The number of carbonyl (C=O) groups excluding carboxylic acids is 2. The lowest BCUT2D eigenvalue weighted by Gasteiger charge is -2.55. The van der Waals surface area contributed by atoms with Gasteiger partial charge in [0.25, 0.3) is 5.97 Å². The van der Waals surface area contributed by atoms with Crippen molar-refractivity contribution in [2.24, 2.45) is 23.7 Å². The summed E-state index contributed by atoms with van der Waals surface area (Å²) in [7, 11) is 5.14. The van der Waals surface area contributed by atoms with E-state index in [0.29, 0.717) is 6.42 Å². The number of aliphatic hydroxyl groups excluding tert-OH is 3. The Kier molecular flexibility index (Phi) is 13.4. The van der Waals surface area contributed by atoms with E-state index < -0.39 is 107 Å². The predicted molar refractivity (Wildman–Crippen MR) is 185 cm³/mol. The van der Waals surface area contributed by atoms with Gasteiger partial charge in [0.05, 0.1) is 49.1 Å². The van der Waals surface area contributed by atoms with Crippen LogP contribution in [0.5, 0.6) is 0 Å². The summed E-state index contributed by atoms with van der Waals surface area (Å²) in [5, 5.41) is 57.9. The molecule has 1 spiro atoms. The van der Waals surface area contributed by atoms with Crippen molar-refractivity contribution in [3.63, 3.8) is 0 Å². The Morgan fingerprint density at radius 3 is 2.17 bits per heavy atom. The van der Waals surface area contributed by atoms with Gasteiger partial charge in [-0.05, 0) is 68.0 Å². The van der Waals surface area contributed by atoms with Gasteiger partial charge in [0.15, 0.2) is 6.29 Å². The summed E-state index contributed by atoms with van der Waals surface area (Å²) >= 11 is 0. The summed E-state index contributed by atoms with van der Waals surface area (Å²) in [5.74, 6) is -7.05. The lowest BCUT2D eigenvalue weighted by atomic mass is 9.73. The first-order valence-electron chi connectivity index (χ1n) is 18.7. The molecule has 4 heterocycles. The van der Waals surface area contributed by atoms with Crippen molar-refractivity contribution in [2.45, 2.75) is 172 Å². The number of likely N-dealkylation sites (N-methyl/N-ethyl adjacent to an activating group) is 1. The largest absolute Gasteiger partial charge is 0.459 e. The Balaban J connectivity index is 1.86. The molecule has 0 radical (unpaired) electrons. The molecule has 4 fully saturated rings. The van der Waals surface area contributed by atoms with Crippen LogP contribution in [0.1, 0.15) is 88.0 Å². The zero-order valence-electron chi connectivity index (χ0n) is 33.0. The summed E-state index contributed by atoms with van der Waals surface area (Å²) in [6, 6.07) is -0.338. The third kappa shape index (κ3) is 8.41. The topological polar surface area (TPSA) is 203 Å². The van der Waals surface area contributed by atoms with E-state index in [1.54, 1.807) is 34.6 Å². The molecule has 0 aromatic carbocycles. The quantitative estimate of drug-likeness (QED) is 0.250. The number of cyclic esters (lactones) is 1. The van der Waals surface area contributed by atoms with Gasteiger partial charge in [-0.15, -0.1) is 0 Å². The van der Waals surface area contributed by atoms with Gasteiger partial charge in [-0.3, -0.25) is 9.59 Å². The molecule has 15 heteroatoms. The molecule has 15 nitrogen and oxygen atoms in total. The van der Waals surface area contributed by atoms with Crippen molar-refractivity contribution in [1.29, 1.82) is 0 Å². The lowest BCUT2D eigenvalue weighted by Crippen LogP contribution is -2.67. The van der Waals surface area contributed by atoms with E-state index in [0.717, 1.165) is 0 Å². The number of methoxy groups -OCH3 is 1. The predicted octanol–water partition coefficient (Wildman–Crippen LogP) is 1.12. The smallest absolute Gasteiger partial charge is 0.314 e. The number of ketones is 1. The molecule has 4 saturated heterocycles. The Labute approximate surface area is 308 Å². The van der Waals surface area contributed by atoms with E-state index in [-0.39, 0.29) is 38.0 Å². The number of carbonyl (C=O) groups is 2. The molecule has 4 aliphatic heterocycles. The van der Waals surface area contributed by atoms with Crippen LogP contribution < -0.4 is 0 Å². The molecular weight excluding hydrogens is 682 g/mol. The number of ether oxygens (including phenoxy) is 7. The van der Waals surface area contributed by atoms with Crippen molar-refractivity contribution >= 4 is 11.8 Å². The molecule has 0 bridgehead atoms. The van der Waals surface area contributed by atoms with Gasteiger partial charge < -0.3 is 63.6 Å². The van der Waals surface area contributed by atoms with E-state index in [1.165, 1.54) is 27.9 Å². The first-order chi connectivity index (χ1) is 23.9. The molecule has 4 rings (SSSR count). The van der Waals surface area contributed by atoms with Gasteiger partial charge in [0, 0.05) is 30.9 Å². The zero-order valence-corrected chi connectivity index (χ0v) is 33.0. The summed E-state index contributed by atoms with van der Waals surface area (Å²) < 4.78 is 43.5. The third-order valence-electron chi connectivity index (χ3n) is 12.1. The summed E-state index contributed by atoms with van der Waals surface area (Å²) in [6.07, 6.45) is -9.39. The molecule has 0 aliphatic carbocycles. The molecule has 0 aromatic heterocycles. The van der Waals surface area contributed by atoms with E-state index in [2.05, 4.69) is 0 Å². The fourth-order valence-electron chi connectivity index (χ4n) is 8.87. The number of rotatable bonds is 5. The monoisotopic (exact) mass is 747 g/mol. The van der Waals surface area contributed by atoms with Crippen LogP contribution in [-0.4, -0.2) is 154 Å². The second kappa shape index (κ2) is 16.0. The van der Waals surface area contributed by atoms with Gasteiger partial charge in [0.2, 0.25) is 0 Å². The van der Waals surface area contributed by atoms with E-state index in [4.69, 9.17) is 33.2 Å². The first-order valence-corrected chi connectivity index (χ1v) is 18.7. The molecule has 1 unspecified atom stereocenters. The zero-order chi connectivity index (χ0) is 39.3. The van der Waals surface area contributed by atoms with E-state index >= 15 is 0 Å². The molecule has 18 atom stereocenters. The molecule has 52 heavy (non-hydrogen) atoms. The highest BCUT2D eigenvalue weighted by Gasteiger charge is 2.61. The van der Waals surface area contributed by atoms with Crippen molar-refractivity contribution in [3.05, 3.63) is 0 Å². The summed E-state index contributed by atoms with van der Waals surface area (Å²) in [4.78, 5) is 30.0. The second-order valence-corrected chi connectivity index (χ2v) is 16.8. The number of esters is 1. The second-order valence-electron chi connectivity index (χ2n) is 16.8. The first kappa shape index (κ1) is 43.4. The lowest BCUT2D eigenvalue weighted by molar-refractivity contribution is -0.474. The van der Waals surface area contributed by atoms with Crippen molar-refractivity contribution in [3.8, 4) is 0 Å². The summed E-state index contributed by atoms with van der Waals surface area (Å²) in [5.41, 5.74) is -5.03. The van der Waals surface area contributed by atoms with Crippen LogP contribution >= 0.6 is 0 Å². The van der Waals surface area contributed by atoms with Crippen molar-refractivity contribution in [1.82, 2.24) is 4.90 Å². The van der Waals surface area contributed by atoms with E-state index in [9.17, 15) is 35.1 Å². The SMILES string of the molecule is CC[C@H]1OC(=O)[C@@H]2CO[C@@]3(C[C@@](C)(OC)[C@@H](O)[C@H](C)O3)O[C@H]2[C@H](C)[C@@H](OC2O[C@@H](C)C[C@@H](N(C)C)[C@@H]2O)[C@](C)(O)C[C@@H](C)C(=O)[C@H](C)[C@@H](O)[C@]1(C)O. The molecular formula is C37H65NO14. The number of fused-ring (bicyclic) bond motifs is 1. The fraction of sp³-hybridized carbons (Fsp3) is 0.946. The highest BCUT2D eigenvalue weighted by atomic mass is 16.9.